The van der Waals surface area contributed by atoms with Crippen molar-refractivity contribution in [1.82, 2.24) is 10.0 Å². The lowest BCUT2D eigenvalue weighted by molar-refractivity contribution is 0.232. The molecule has 0 saturated carbocycles. The highest BCUT2D eigenvalue weighted by Gasteiger charge is 2.29. The van der Waals surface area contributed by atoms with Crippen molar-refractivity contribution in [3.63, 3.8) is 0 Å². The molecule has 0 radical (unpaired) electrons. The van der Waals surface area contributed by atoms with E-state index in [9.17, 15) is 8.42 Å². The number of thiophene rings is 1. The van der Waals surface area contributed by atoms with Gasteiger partial charge in [-0.15, -0.1) is 11.3 Å². The molecule has 19 heavy (non-hydrogen) atoms. The molecule has 0 atom stereocenters. The first-order valence-corrected chi connectivity index (χ1v) is 8.97. The second-order valence-corrected chi connectivity index (χ2v) is 9.06. The van der Waals surface area contributed by atoms with Crippen LogP contribution in [-0.4, -0.2) is 28.1 Å². The van der Waals surface area contributed by atoms with Gasteiger partial charge in [0.25, 0.3) is 0 Å². The molecule has 0 bridgehead atoms. The summed E-state index contributed by atoms with van der Waals surface area (Å²) in [6.07, 6.45) is 1.97. The van der Waals surface area contributed by atoms with Gasteiger partial charge in [-0.1, -0.05) is 18.5 Å². The number of piperidine rings is 1. The summed E-state index contributed by atoms with van der Waals surface area (Å²) in [5, 5.41) is 3.29. The number of hydrogen-bond acceptors (Lipinski definition) is 4. The van der Waals surface area contributed by atoms with Gasteiger partial charge in [0, 0.05) is 6.54 Å². The van der Waals surface area contributed by atoms with Gasteiger partial charge in [-0.2, -0.15) is 0 Å². The number of sulfonamides is 1. The van der Waals surface area contributed by atoms with Crippen LogP contribution in [0.5, 0.6) is 0 Å². The Labute approximate surface area is 123 Å². The summed E-state index contributed by atoms with van der Waals surface area (Å²) in [5.41, 5.74) is 0.842. The van der Waals surface area contributed by atoms with E-state index >= 15 is 0 Å². The van der Waals surface area contributed by atoms with E-state index in [1.54, 1.807) is 6.07 Å². The van der Waals surface area contributed by atoms with E-state index in [2.05, 4.69) is 17.0 Å². The third-order valence-electron chi connectivity index (χ3n) is 3.60. The van der Waals surface area contributed by atoms with Crippen LogP contribution in [0.3, 0.4) is 0 Å². The lowest BCUT2D eigenvalue weighted by atomic mass is 9.81. The summed E-state index contributed by atoms with van der Waals surface area (Å²) in [6.45, 7) is 6.31. The molecular formula is C12H19ClN2O2S2. The predicted molar refractivity (Wildman–Crippen MR) is 79.5 cm³/mol. The molecular weight excluding hydrogens is 304 g/mol. The lowest BCUT2D eigenvalue weighted by Gasteiger charge is -2.33. The monoisotopic (exact) mass is 322 g/mol. The molecule has 4 nitrogen and oxygen atoms in total. The molecule has 7 heteroatoms. The summed E-state index contributed by atoms with van der Waals surface area (Å²) in [4.78, 5) is 0. The highest BCUT2D eigenvalue weighted by molar-refractivity contribution is 7.91. The van der Waals surface area contributed by atoms with Gasteiger partial charge < -0.3 is 5.32 Å². The molecule has 0 amide bonds. The van der Waals surface area contributed by atoms with Gasteiger partial charge in [-0.25, -0.2) is 13.1 Å². The number of aryl methyl sites for hydroxylation is 1. The van der Waals surface area contributed by atoms with Crippen molar-refractivity contribution < 1.29 is 8.42 Å². The van der Waals surface area contributed by atoms with Gasteiger partial charge in [0.15, 0.2) is 0 Å². The fourth-order valence-corrected chi connectivity index (χ4v) is 5.06. The van der Waals surface area contributed by atoms with Crippen LogP contribution in [0, 0.1) is 12.3 Å². The Balaban J connectivity index is 2.05. The van der Waals surface area contributed by atoms with Crippen LogP contribution in [0.15, 0.2) is 10.3 Å². The maximum atomic E-state index is 12.2. The quantitative estimate of drug-likeness (QED) is 0.894. The average Bonchev–Trinajstić information content (AvgIpc) is 2.69. The fourth-order valence-electron chi connectivity index (χ4n) is 2.11. The topological polar surface area (TPSA) is 58.2 Å². The molecule has 1 aromatic heterocycles. The number of halogens is 1. The van der Waals surface area contributed by atoms with Gasteiger partial charge in [0.05, 0.1) is 4.34 Å². The van der Waals surface area contributed by atoms with Crippen LogP contribution in [0.1, 0.15) is 25.3 Å². The van der Waals surface area contributed by atoms with E-state index in [0.29, 0.717) is 15.1 Å². The Morgan fingerprint density at radius 1 is 1.47 bits per heavy atom. The van der Waals surface area contributed by atoms with E-state index in [0.717, 1.165) is 42.8 Å². The van der Waals surface area contributed by atoms with E-state index in [-0.39, 0.29) is 5.41 Å². The largest absolute Gasteiger partial charge is 0.317 e. The third kappa shape index (κ3) is 3.70. The van der Waals surface area contributed by atoms with E-state index in [1.165, 1.54) is 0 Å². The van der Waals surface area contributed by atoms with Gasteiger partial charge in [-0.3, -0.25) is 0 Å². The Bertz CT molecular complexity index is 529. The van der Waals surface area contributed by atoms with Crippen molar-refractivity contribution in [3.8, 4) is 0 Å². The second kappa shape index (κ2) is 5.69. The van der Waals surface area contributed by atoms with Crippen molar-refractivity contribution in [3.05, 3.63) is 16.0 Å². The maximum absolute atomic E-state index is 12.2. The Kier molecular flexibility index (Phi) is 4.57. The molecule has 2 heterocycles. The SMILES string of the molecule is Cc1cc(S(=O)(=O)NCC2(C)CCNCC2)sc1Cl. The molecule has 1 saturated heterocycles. The zero-order valence-electron chi connectivity index (χ0n) is 11.1. The van der Waals surface area contributed by atoms with E-state index in [4.69, 9.17) is 11.6 Å². The normalized spacial score (nSPS) is 19.5. The first-order valence-electron chi connectivity index (χ1n) is 6.29. The van der Waals surface area contributed by atoms with Crippen molar-refractivity contribution in [2.24, 2.45) is 5.41 Å². The molecule has 1 fully saturated rings. The average molecular weight is 323 g/mol. The predicted octanol–water partition coefficient (Wildman–Crippen LogP) is 2.38. The van der Waals surface area contributed by atoms with Crippen molar-refractivity contribution in [1.29, 1.82) is 0 Å². The Hall–Kier alpha value is -0.140. The summed E-state index contributed by atoms with van der Waals surface area (Å²) in [7, 11) is -3.44. The van der Waals surface area contributed by atoms with Crippen molar-refractivity contribution in [2.75, 3.05) is 19.6 Å². The van der Waals surface area contributed by atoms with Gasteiger partial charge in [-0.05, 0) is 49.9 Å². The van der Waals surface area contributed by atoms with Gasteiger partial charge in [0.2, 0.25) is 10.0 Å². The van der Waals surface area contributed by atoms with Gasteiger partial charge >= 0.3 is 0 Å². The molecule has 2 N–H and O–H groups in total. The maximum Gasteiger partial charge on any atom is 0.250 e. The van der Waals surface area contributed by atoms with Crippen LogP contribution in [0.25, 0.3) is 0 Å². The van der Waals surface area contributed by atoms with Crippen LogP contribution >= 0.6 is 22.9 Å². The molecule has 0 unspecified atom stereocenters. The first kappa shape index (κ1) is 15.3. The minimum Gasteiger partial charge on any atom is -0.317 e. The van der Waals surface area contributed by atoms with Crippen molar-refractivity contribution in [2.45, 2.75) is 30.9 Å². The second-order valence-electron chi connectivity index (χ2n) is 5.41. The van der Waals surface area contributed by atoms with Crippen molar-refractivity contribution >= 4 is 33.0 Å². The Morgan fingerprint density at radius 3 is 2.63 bits per heavy atom. The minimum absolute atomic E-state index is 0.0361. The van der Waals surface area contributed by atoms with Crippen LogP contribution in [0.2, 0.25) is 4.34 Å². The first-order chi connectivity index (χ1) is 8.82. The number of nitrogens with one attached hydrogen (secondary N) is 2. The molecule has 1 aliphatic heterocycles. The van der Waals surface area contributed by atoms with E-state index in [1.807, 2.05) is 6.92 Å². The number of rotatable bonds is 4. The highest BCUT2D eigenvalue weighted by atomic mass is 35.5. The molecule has 1 aliphatic rings. The zero-order chi connectivity index (χ0) is 14.1. The highest BCUT2D eigenvalue weighted by Crippen LogP contribution is 2.31. The molecule has 1 aromatic rings. The Morgan fingerprint density at radius 2 is 2.11 bits per heavy atom. The van der Waals surface area contributed by atoms with Gasteiger partial charge in [0.1, 0.15) is 4.21 Å². The van der Waals surface area contributed by atoms with Crippen LogP contribution < -0.4 is 10.0 Å². The van der Waals surface area contributed by atoms with Crippen LogP contribution in [-0.2, 0) is 10.0 Å². The zero-order valence-corrected chi connectivity index (χ0v) is 13.5. The summed E-state index contributed by atoms with van der Waals surface area (Å²) >= 11 is 7.04. The van der Waals surface area contributed by atoms with E-state index < -0.39 is 10.0 Å². The third-order valence-corrected chi connectivity index (χ3v) is 7.03. The lowest BCUT2D eigenvalue weighted by Crippen LogP contribution is -2.42. The van der Waals surface area contributed by atoms with Crippen LogP contribution in [0.4, 0.5) is 0 Å². The molecule has 2 rings (SSSR count). The molecule has 108 valence electrons. The summed E-state index contributed by atoms with van der Waals surface area (Å²) in [5.74, 6) is 0. The standard InChI is InChI=1S/C12H19ClN2O2S2/c1-9-7-10(18-11(9)13)19(16,17)15-8-12(2)3-5-14-6-4-12/h7,14-15H,3-6,8H2,1-2H3. The molecule has 0 aromatic carbocycles. The molecule has 0 aliphatic carbocycles. The minimum atomic E-state index is -3.44. The summed E-state index contributed by atoms with van der Waals surface area (Å²) < 4.78 is 28.0. The number of hydrogen-bond donors (Lipinski definition) is 2. The molecule has 0 spiro atoms. The fraction of sp³-hybridized carbons (Fsp3) is 0.667. The smallest absolute Gasteiger partial charge is 0.250 e. The summed E-state index contributed by atoms with van der Waals surface area (Å²) in [6, 6.07) is 1.63.